The molecule has 32 heavy (non-hydrogen) atoms. The van der Waals surface area contributed by atoms with Crippen molar-refractivity contribution in [2.24, 2.45) is 0 Å². The Morgan fingerprint density at radius 3 is 2.31 bits per heavy atom. The number of hydrogen-bond acceptors (Lipinski definition) is 6. The monoisotopic (exact) mass is 451 g/mol. The van der Waals surface area contributed by atoms with Crippen LogP contribution in [0.15, 0.2) is 42.5 Å². The van der Waals surface area contributed by atoms with E-state index in [0.717, 1.165) is 48.0 Å². The molecule has 1 saturated heterocycles. The minimum atomic E-state index is -0.0222. The van der Waals surface area contributed by atoms with Crippen LogP contribution in [0.25, 0.3) is 20.8 Å². The average Bonchev–Trinajstić information content (AvgIpc) is 3.18. The van der Waals surface area contributed by atoms with Crippen LogP contribution >= 0.6 is 11.3 Å². The van der Waals surface area contributed by atoms with Crippen molar-refractivity contribution in [3.05, 3.63) is 48.0 Å². The van der Waals surface area contributed by atoms with Gasteiger partial charge < -0.3 is 10.2 Å². The number of likely N-dealkylation sites (N-methyl/N-ethyl adjacent to an activating group) is 1. The van der Waals surface area contributed by atoms with E-state index in [9.17, 15) is 9.59 Å². The van der Waals surface area contributed by atoms with Crippen LogP contribution in [0, 0.1) is 6.92 Å². The lowest BCUT2D eigenvalue weighted by molar-refractivity contribution is -0.130. The number of rotatable bonds is 6. The summed E-state index contributed by atoms with van der Waals surface area (Å²) in [6.45, 7) is 6.03. The molecule has 2 amide bonds. The first-order valence-electron chi connectivity index (χ1n) is 10.8. The maximum Gasteiger partial charge on any atom is 0.238 e. The number of benzene rings is 2. The molecule has 0 atom stereocenters. The van der Waals surface area contributed by atoms with E-state index in [1.54, 1.807) is 30.3 Å². The van der Waals surface area contributed by atoms with Gasteiger partial charge in [0.2, 0.25) is 11.8 Å². The summed E-state index contributed by atoms with van der Waals surface area (Å²) in [5.41, 5.74) is 4.07. The molecule has 4 rings (SSSR count). The molecule has 0 radical (unpaired) electrons. The normalized spacial score (nSPS) is 15.1. The van der Waals surface area contributed by atoms with Gasteiger partial charge in [-0.2, -0.15) is 0 Å². The van der Waals surface area contributed by atoms with Crippen LogP contribution in [0.1, 0.15) is 5.56 Å². The van der Waals surface area contributed by atoms with E-state index in [1.807, 2.05) is 24.3 Å². The zero-order valence-corrected chi connectivity index (χ0v) is 19.6. The second kappa shape index (κ2) is 9.77. The van der Waals surface area contributed by atoms with Crippen molar-refractivity contribution in [3.63, 3.8) is 0 Å². The summed E-state index contributed by atoms with van der Waals surface area (Å²) in [5, 5.41) is 3.97. The summed E-state index contributed by atoms with van der Waals surface area (Å²) in [5.74, 6) is 0.0895. The number of piperazine rings is 1. The minimum Gasteiger partial charge on any atom is -0.348 e. The fraction of sp³-hybridized carbons (Fsp3) is 0.375. The predicted octanol–water partition coefficient (Wildman–Crippen LogP) is 2.92. The van der Waals surface area contributed by atoms with Crippen LogP contribution < -0.4 is 5.32 Å². The van der Waals surface area contributed by atoms with Gasteiger partial charge in [-0.3, -0.25) is 19.4 Å². The van der Waals surface area contributed by atoms with E-state index in [4.69, 9.17) is 4.98 Å². The molecule has 0 spiro atoms. The van der Waals surface area contributed by atoms with E-state index in [1.165, 1.54) is 10.3 Å². The van der Waals surface area contributed by atoms with E-state index in [2.05, 4.69) is 40.2 Å². The predicted molar refractivity (Wildman–Crippen MR) is 130 cm³/mol. The molecule has 8 heteroatoms. The molecule has 0 aliphatic carbocycles. The first-order valence-corrected chi connectivity index (χ1v) is 11.6. The highest BCUT2D eigenvalue weighted by Crippen LogP contribution is 2.31. The van der Waals surface area contributed by atoms with Crippen molar-refractivity contribution in [1.82, 2.24) is 19.7 Å². The first-order chi connectivity index (χ1) is 15.4. The van der Waals surface area contributed by atoms with Crippen LogP contribution in [0.5, 0.6) is 0 Å². The van der Waals surface area contributed by atoms with Gasteiger partial charge >= 0.3 is 0 Å². The van der Waals surface area contributed by atoms with Crippen molar-refractivity contribution in [1.29, 1.82) is 0 Å². The number of nitrogens with zero attached hydrogens (tertiary/aromatic N) is 4. The number of carbonyl (C=O) groups is 2. The molecule has 0 bridgehead atoms. The summed E-state index contributed by atoms with van der Waals surface area (Å²) >= 11 is 1.68. The Labute approximate surface area is 192 Å². The quantitative estimate of drug-likeness (QED) is 0.624. The largest absolute Gasteiger partial charge is 0.348 e. The van der Waals surface area contributed by atoms with Gasteiger partial charge in [-0.25, -0.2) is 4.98 Å². The third-order valence-electron chi connectivity index (χ3n) is 5.65. The number of amides is 2. The maximum absolute atomic E-state index is 12.5. The fourth-order valence-corrected chi connectivity index (χ4v) is 4.76. The van der Waals surface area contributed by atoms with Crippen LogP contribution in [0.2, 0.25) is 0 Å². The Bertz CT molecular complexity index is 1100. The highest BCUT2D eigenvalue weighted by molar-refractivity contribution is 7.21. The standard InChI is InChI=1S/C24H29N5O2S/c1-17-4-9-20-21(14-17)32-24(26-20)18-5-7-19(8-6-18)25-22(30)15-28-10-12-29(13-11-28)16-23(31)27(2)3/h4-9,14H,10-13,15-16H2,1-3H3,(H,25,30). The van der Waals surface area contributed by atoms with E-state index >= 15 is 0 Å². The van der Waals surface area contributed by atoms with Gasteiger partial charge in [-0.15, -0.1) is 11.3 Å². The Morgan fingerprint density at radius 1 is 1.00 bits per heavy atom. The highest BCUT2D eigenvalue weighted by Gasteiger charge is 2.21. The van der Waals surface area contributed by atoms with Gasteiger partial charge in [0.05, 0.1) is 23.3 Å². The van der Waals surface area contributed by atoms with Crippen molar-refractivity contribution in [2.45, 2.75) is 6.92 Å². The van der Waals surface area contributed by atoms with Gasteiger partial charge in [0, 0.05) is 51.5 Å². The summed E-state index contributed by atoms with van der Waals surface area (Å²) in [6.07, 6.45) is 0. The van der Waals surface area contributed by atoms with Gasteiger partial charge in [-0.05, 0) is 48.9 Å². The lowest BCUT2D eigenvalue weighted by Crippen LogP contribution is -2.50. The van der Waals surface area contributed by atoms with Crippen molar-refractivity contribution >= 4 is 39.1 Å². The van der Waals surface area contributed by atoms with Crippen molar-refractivity contribution in [2.75, 3.05) is 58.7 Å². The van der Waals surface area contributed by atoms with E-state index < -0.39 is 0 Å². The number of carbonyl (C=O) groups excluding carboxylic acids is 2. The molecular weight excluding hydrogens is 422 g/mol. The lowest BCUT2D eigenvalue weighted by atomic mass is 10.2. The smallest absolute Gasteiger partial charge is 0.238 e. The second-order valence-corrected chi connectivity index (χ2v) is 9.49. The molecular formula is C24H29N5O2S. The number of nitrogens with one attached hydrogen (secondary N) is 1. The van der Waals surface area contributed by atoms with E-state index in [-0.39, 0.29) is 11.8 Å². The summed E-state index contributed by atoms with van der Waals surface area (Å²) in [7, 11) is 3.55. The van der Waals surface area contributed by atoms with Gasteiger partial charge in [0.25, 0.3) is 0 Å². The Kier molecular flexibility index (Phi) is 6.83. The fourth-order valence-electron chi connectivity index (χ4n) is 3.69. The summed E-state index contributed by atoms with van der Waals surface area (Å²) in [6, 6.07) is 14.1. The van der Waals surface area contributed by atoms with Crippen LogP contribution in [0.4, 0.5) is 5.69 Å². The molecule has 0 saturated carbocycles. The van der Waals surface area contributed by atoms with Crippen LogP contribution in [-0.4, -0.2) is 84.9 Å². The van der Waals surface area contributed by atoms with Crippen molar-refractivity contribution < 1.29 is 9.59 Å². The molecule has 1 aliphatic heterocycles. The van der Waals surface area contributed by atoms with Crippen LogP contribution in [-0.2, 0) is 9.59 Å². The molecule has 7 nitrogen and oxygen atoms in total. The first kappa shape index (κ1) is 22.4. The lowest BCUT2D eigenvalue weighted by Gasteiger charge is -2.34. The molecule has 1 N–H and O–H groups in total. The maximum atomic E-state index is 12.5. The Balaban J connectivity index is 1.28. The molecule has 2 heterocycles. The zero-order valence-electron chi connectivity index (χ0n) is 18.8. The van der Waals surface area contributed by atoms with E-state index in [0.29, 0.717) is 13.1 Å². The number of anilines is 1. The third kappa shape index (κ3) is 5.51. The number of thiazole rings is 1. The molecule has 3 aromatic rings. The third-order valence-corrected chi connectivity index (χ3v) is 6.72. The van der Waals surface area contributed by atoms with Gasteiger partial charge in [-0.1, -0.05) is 6.07 Å². The van der Waals surface area contributed by atoms with Crippen molar-refractivity contribution in [3.8, 4) is 10.6 Å². The molecule has 2 aromatic carbocycles. The number of fused-ring (bicyclic) bond motifs is 1. The molecule has 0 unspecified atom stereocenters. The zero-order chi connectivity index (χ0) is 22.7. The Hall–Kier alpha value is -2.81. The minimum absolute atomic E-state index is 0.0222. The summed E-state index contributed by atoms with van der Waals surface area (Å²) in [4.78, 5) is 34.9. The second-order valence-electron chi connectivity index (χ2n) is 8.46. The van der Waals surface area contributed by atoms with Crippen LogP contribution in [0.3, 0.4) is 0 Å². The Morgan fingerprint density at radius 2 is 1.66 bits per heavy atom. The number of aryl methyl sites for hydroxylation is 1. The average molecular weight is 452 g/mol. The molecule has 168 valence electrons. The topological polar surface area (TPSA) is 68.8 Å². The summed E-state index contributed by atoms with van der Waals surface area (Å²) < 4.78 is 1.18. The van der Waals surface area contributed by atoms with Gasteiger partial charge in [0.15, 0.2) is 0 Å². The van der Waals surface area contributed by atoms with Gasteiger partial charge in [0.1, 0.15) is 5.01 Å². The number of hydrogen-bond donors (Lipinski definition) is 1. The molecule has 1 fully saturated rings. The molecule has 1 aliphatic rings. The SMILES string of the molecule is Cc1ccc2nc(-c3ccc(NC(=O)CN4CCN(CC(=O)N(C)C)CC4)cc3)sc2c1. The molecule has 1 aromatic heterocycles. The number of aromatic nitrogens is 1. The highest BCUT2D eigenvalue weighted by atomic mass is 32.1.